The number of carboxylic acids is 1. The maximum absolute atomic E-state index is 12.5. The van der Waals surface area contributed by atoms with Crippen LogP contribution in [-0.2, 0) is 22.4 Å². The number of benzene rings is 2. The first-order chi connectivity index (χ1) is 11.6. The Morgan fingerprint density at radius 1 is 0.917 bits per heavy atom. The van der Waals surface area contributed by atoms with Crippen LogP contribution in [-0.4, -0.2) is 28.8 Å². The summed E-state index contributed by atoms with van der Waals surface area (Å²) in [5.74, 6) is -1.33. The quantitative estimate of drug-likeness (QED) is 0.646. The number of carboxylic acid groups (broad SMARTS) is 1. The van der Waals surface area contributed by atoms with E-state index >= 15 is 0 Å². The van der Waals surface area contributed by atoms with Gasteiger partial charge in [0.1, 0.15) is 6.04 Å². The molecular weight excluding hydrogens is 322 g/mol. The van der Waals surface area contributed by atoms with Gasteiger partial charge in [-0.25, -0.2) is 4.79 Å². The van der Waals surface area contributed by atoms with Crippen molar-refractivity contribution < 1.29 is 14.7 Å². The van der Waals surface area contributed by atoms with Gasteiger partial charge in [-0.2, -0.15) is 12.6 Å². The highest BCUT2D eigenvalue weighted by Gasteiger charge is 2.25. The molecule has 2 aromatic rings. The van der Waals surface area contributed by atoms with Crippen molar-refractivity contribution in [1.82, 2.24) is 5.32 Å². The first-order valence-electron chi connectivity index (χ1n) is 7.82. The van der Waals surface area contributed by atoms with E-state index in [1.165, 1.54) is 0 Å². The molecule has 1 amide bonds. The van der Waals surface area contributed by atoms with Crippen LogP contribution in [0.4, 0.5) is 0 Å². The molecule has 0 bridgehead atoms. The molecule has 2 aromatic carbocycles. The lowest BCUT2D eigenvalue weighted by Crippen LogP contribution is -2.45. The van der Waals surface area contributed by atoms with Gasteiger partial charge in [0, 0.05) is 12.2 Å². The normalized spacial score (nSPS) is 13.0. The summed E-state index contributed by atoms with van der Waals surface area (Å²) in [7, 11) is 0. The van der Waals surface area contributed by atoms with Crippen molar-refractivity contribution in [2.45, 2.75) is 18.9 Å². The lowest BCUT2D eigenvalue weighted by atomic mass is 9.99. The Hall–Kier alpha value is -2.27. The lowest BCUT2D eigenvalue weighted by Gasteiger charge is -2.19. The summed E-state index contributed by atoms with van der Waals surface area (Å²) in [5.41, 5.74) is 1.90. The Labute approximate surface area is 147 Å². The minimum Gasteiger partial charge on any atom is -0.480 e. The predicted molar refractivity (Wildman–Crippen MR) is 97.2 cm³/mol. The summed E-state index contributed by atoms with van der Waals surface area (Å²) in [4.78, 5) is 23.9. The monoisotopic (exact) mass is 343 g/mol. The fourth-order valence-electron chi connectivity index (χ4n) is 2.48. The van der Waals surface area contributed by atoms with Crippen molar-refractivity contribution >= 4 is 24.5 Å². The van der Waals surface area contributed by atoms with Crippen molar-refractivity contribution in [2.24, 2.45) is 5.92 Å². The molecule has 0 aromatic heterocycles. The van der Waals surface area contributed by atoms with Crippen molar-refractivity contribution in [2.75, 3.05) is 5.75 Å². The van der Waals surface area contributed by atoms with Crippen molar-refractivity contribution in [3.05, 3.63) is 71.8 Å². The van der Waals surface area contributed by atoms with E-state index in [-0.39, 0.29) is 18.2 Å². The Kier molecular flexibility index (Phi) is 6.88. The van der Waals surface area contributed by atoms with Gasteiger partial charge in [-0.3, -0.25) is 4.79 Å². The molecule has 2 atom stereocenters. The fourth-order valence-corrected chi connectivity index (χ4v) is 2.77. The largest absolute Gasteiger partial charge is 0.480 e. The number of hydrogen-bond donors (Lipinski definition) is 3. The lowest BCUT2D eigenvalue weighted by molar-refractivity contribution is -0.142. The third-order valence-electron chi connectivity index (χ3n) is 3.81. The maximum Gasteiger partial charge on any atom is 0.326 e. The zero-order chi connectivity index (χ0) is 17.4. The van der Waals surface area contributed by atoms with E-state index in [0.717, 1.165) is 11.1 Å². The molecule has 0 radical (unpaired) electrons. The topological polar surface area (TPSA) is 66.4 Å². The molecule has 2 rings (SSSR count). The number of carbonyl (C=O) groups excluding carboxylic acids is 1. The maximum atomic E-state index is 12.5. The molecule has 0 saturated carbocycles. The predicted octanol–water partition coefficient (Wildman–Crippen LogP) is 2.59. The Morgan fingerprint density at radius 3 is 1.88 bits per heavy atom. The molecule has 0 aliphatic heterocycles. The van der Waals surface area contributed by atoms with Crippen LogP contribution in [0.3, 0.4) is 0 Å². The van der Waals surface area contributed by atoms with Gasteiger partial charge >= 0.3 is 5.97 Å². The Balaban J connectivity index is 2.01. The van der Waals surface area contributed by atoms with Crippen LogP contribution >= 0.6 is 12.6 Å². The second kappa shape index (κ2) is 9.13. The number of hydrogen-bond acceptors (Lipinski definition) is 3. The van der Waals surface area contributed by atoms with Gasteiger partial charge in [0.25, 0.3) is 0 Å². The molecule has 4 nitrogen and oxygen atoms in total. The van der Waals surface area contributed by atoms with Crippen LogP contribution in [0.1, 0.15) is 11.1 Å². The van der Waals surface area contributed by atoms with Gasteiger partial charge in [-0.15, -0.1) is 0 Å². The Morgan fingerprint density at radius 2 is 1.42 bits per heavy atom. The van der Waals surface area contributed by atoms with E-state index in [4.69, 9.17) is 0 Å². The summed E-state index contributed by atoms with van der Waals surface area (Å²) in [5, 5.41) is 12.0. The van der Waals surface area contributed by atoms with Crippen molar-refractivity contribution in [1.29, 1.82) is 0 Å². The third-order valence-corrected chi connectivity index (χ3v) is 4.25. The van der Waals surface area contributed by atoms with Gasteiger partial charge in [0.15, 0.2) is 0 Å². The van der Waals surface area contributed by atoms with Crippen molar-refractivity contribution in [3.63, 3.8) is 0 Å². The van der Waals surface area contributed by atoms with Gasteiger partial charge in [-0.1, -0.05) is 60.7 Å². The van der Waals surface area contributed by atoms with Crippen LogP contribution in [0.2, 0.25) is 0 Å². The SMILES string of the molecule is O=C(N[C@@H](Cc1ccccc1)C(=O)O)C(CS)Cc1ccccc1. The second-order valence-electron chi connectivity index (χ2n) is 5.66. The zero-order valence-electron chi connectivity index (χ0n) is 13.3. The summed E-state index contributed by atoms with van der Waals surface area (Å²) in [6.45, 7) is 0. The number of carbonyl (C=O) groups is 2. The van der Waals surface area contributed by atoms with E-state index in [1.807, 2.05) is 60.7 Å². The van der Waals surface area contributed by atoms with Gasteiger partial charge in [0.05, 0.1) is 5.92 Å². The molecule has 0 heterocycles. The number of aliphatic carboxylic acids is 1. The molecule has 0 fully saturated rings. The minimum absolute atomic E-state index is 0.256. The van der Waals surface area contributed by atoms with Gasteiger partial charge in [0.2, 0.25) is 5.91 Å². The molecule has 5 heteroatoms. The van der Waals surface area contributed by atoms with E-state index in [1.54, 1.807) is 0 Å². The average Bonchev–Trinajstić information content (AvgIpc) is 2.60. The number of amides is 1. The molecule has 1 unspecified atom stereocenters. The molecule has 0 spiro atoms. The summed E-state index contributed by atoms with van der Waals surface area (Å²) in [6, 6.07) is 18.0. The van der Waals surface area contributed by atoms with Gasteiger partial charge < -0.3 is 10.4 Å². The fraction of sp³-hybridized carbons (Fsp3) is 0.263. The molecule has 24 heavy (non-hydrogen) atoms. The minimum atomic E-state index is -1.04. The number of thiol groups is 1. The van der Waals surface area contributed by atoms with Crippen LogP contribution in [0.15, 0.2) is 60.7 Å². The molecule has 126 valence electrons. The van der Waals surface area contributed by atoms with E-state index in [2.05, 4.69) is 17.9 Å². The highest BCUT2D eigenvalue weighted by molar-refractivity contribution is 7.80. The molecule has 0 aliphatic carbocycles. The first kappa shape index (κ1) is 18.1. The van der Waals surface area contributed by atoms with Crippen LogP contribution in [0, 0.1) is 5.92 Å². The van der Waals surface area contributed by atoms with E-state index < -0.39 is 12.0 Å². The van der Waals surface area contributed by atoms with Crippen LogP contribution in [0.25, 0.3) is 0 Å². The zero-order valence-corrected chi connectivity index (χ0v) is 14.2. The molecular formula is C19H21NO3S. The molecule has 0 saturated heterocycles. The summed E-state index contributed by atoms with van der Waals surface area (Å²) < 4.78 is 0. The summed E-state index contributed by atoms with van der Waals surface area (Å²) in [6.07, 6.45) is 0.792. The smallest absolute Gasteiger partial charge is 0.326 e. The second-order valence-corrected chi connectivity index (χ2v) is 6.02. The number of nitrogens with one attached hydrogen (secondary N) is 1. The van der Waals surface area contributed by atoms with E-state index in [9.17, 15) is 14.7 Å². The highest BCUT2D eigenvalue weighted by atomic mass is 32.1. The van der Waals surface area contributed by atoms with Crippen molar-refractivity contribution in [3.8, 4) is 0 Å². The third kappa shape index (κ3) is 5.42. The Bertz CT molecular complexity index is 661. The number of rotatable bonds is 8. The highest BCUT2D eigenvalue weighted by Crippen LogP contribution is 2.12. The summed E-state index contributed by atoms with van der Waals surface area (Å²) >= 11 is 4.25. The first-order valence-corrected chi connectivity index (χ1v) is 8.45. The standard InChI is InChI=1S/C19H21NO3S/c21-18(16(13-24)11-14-7-3-1-4-8-14)20-17(19(22)23)12-15-9-5-2-6-10-15/h1-10,16-17,24H,11-13H2,(H,20,21)(H,22,23)/t16?,17-/m0/s1. The van der Waals surface area contributed by atoms with Crippen LogP contribution in [0.5, 0.6) is 0 Å². The molecule has 0 aliphatic rings. The van der Waals surface area contributed by atoms with Gasteiger partial charge in [-0.05, 0) is 17.5 Å². The molecule has 2 N–H and O–H groups in total. The van der Waals surface area contributed by atoms with Crippen LogP contribution < -0.4 is 5.32 Å². The average molecular weight is 343 g/mol. The van der Waals surface area contributed by atoms with E-state index in [0.29, 0.717) is 12.2 Å².